The Morgan fingerprint density at radius 3 is 2.56 bits per heavy atom. The van der Waals surface area contributed by atoms with Gasteiger partial charge in [-0.3, -0.25) is 0 Å². The Morgan fingerprint density at radius 1 is 1.33 bits per heavy atom. The van der Waals surface area contributed by atoms with E-state index in [1.165, 1.54) is 11.1 Å². The van der Waals surface area contributed by atoms with E-state index >= 15 is 0 Å². The van der Waals surface area contributed by atoms with Gasteiger partial charge in [-0.05, 0) is 25.3 Å². The molecule has 4 nitrogen and oxygen atoms in total. The lowest BCUT2D eigenvalue weighted by Crippen LogP contribution is -2.43. The van der Waals surface area contributed by atoms with Crippen LogP contribution < -0.4 is 10.6 Å². The number of aliphatic hydroxyl groups excluding tert-OH is 1. The standard InChI is InChI=1S/C14H22N2O2/c1-3-13(16-14(18)15-8-9-17)10-12-6-4-11(2)5-7-12/h4-7,13,17H,3,8-10H2,1-2H3,(H2,15,16,18). The van der Waals surface area contributed by atoms with Gasteiger partial charge in [0.05, 0.1) is 6.61 Å². The first-order chi connectivity index (χ1) is 8.65. The number of carbonyl (C=O) groups is 1. The van der Waals surface area contributed by atoms with E-state index < -0.39 is 0 Å². The molecule has 0 saturated carbocycles. The zero-order valence-corrected chi connectivity index (χ0v) is 11.1. The normalized spacial score (nSPS) is 11.9. The molecule has 0 aliphatic rings. The van der Waals surface area contributed by atoms with Crippen LogP contribution in [0.15, 0.2) is 24.3 Å². The first kappa shape index (κ1) is 14.5. The summed E-state index contributed by atoms with van der Waals surface area (Å²) in [6.45, 7) is 4.35. The summed E-state index contributed by atoms with van der Waals surface area (Å²) >= 11 is 0. The van der Waals surface area contributed by atoms with E-state index in [-0.39, 0.29) is 25.2 Å². The summed E-state index contributed by atoms with van der Waals surface area (Å²) in [5.74, 6) is 0. The molecule has 1 unspecified atom stereocenters. The van der Waals surface area contributed by atoms with Crippen LogP contribution in [0.4, 0.5) is 4.79 Å². The maximum Gasteiger partial charge on any atom is 0.315 e. The number of carbonyl (C=O) groups excluding carboxylic acids is 1. The highest BCUT2D eigenvalue weighted by molar-refractivity contribution is 5.74. The molecule has 2 amide bonds. The molecule has 0 aliphatic carbocycles. The van der Waals surface area contributed by atoms with E-state index in [0.29, 0.717) is 0 Å². The van der Waals surface area contributed by atoms with Crippen molar-refractivity contribution in [2.24, 2.45) is 0 Å². The van der Waals surface area contributed by atoms with Crippen molar-refractivity contribution in [3.8, 4) is 0 Å². The summed E-state index contributed by atoms with van der Waals surface area (Å²) in [5.41, 5.74) is 2.45. The molecule has 100 valence electrons. The molecule has 0 heterocycles. The number of hydrogen-bond acceptors (Lipinski definition) is 2. The van der Waals surface area contributed by atoms with Crippen LogP contribution in [0.3, 0.4) is 0 Å². The van der Waals surface area contributed by atoms with E-state index in [9.17, 15) is 4.79 Å². The van der Waals surface area contributed by atoms with E-state index in [4.69, 9.17) is 5.11 Å². The third kappa shape index (κ3) is 5.19. The fourth-order valence-electron chi connectivity index (χ4n) is 1.71. The Bertz CT molecular complexity index is 363. The highest BCUT2D eigenvalue weighted by atomic mass is 16.3. The summed E-state index contributed by atoms with van der Waals surface area (Å²) in [5, 5.41) is 14.1. The van der Waals surface area contributed by atoms with Crippen LogP contribution >= 0.6 is 0 Å². The molecule has 1 aromatic rings. The summed E-state index contributed by atoms with van der Waals surface area (Å²) in [6.07, 6.45) is 1.70. The van der Waals surface area contributed by atoms with Crippen molar-refractivity contribution in [1.29, 1.82) is 0 Å². The Labute approximate surface area is 108 Å². The topological polar surface area (TPSA) is 61.4 Å². The predicted molar refractivity (Wildman–Crippen MR) is 72.6 cm³/mol. The maximum absolute atomic E-state index is 11.5. The van der Waals surface area contributed by atoms with Crippen molar-refractivity contribution < 1.29 is 9.90 Å². The molecule has 1 rings (SSSR count). The van der Waals surface area contributed by atoms with Gasteiger partial charge >= 0.3 is 6.03 Å². The van der Waals surface area contributed by atoms with Gasteiger partial charge in [-0.25, -0.2) is 4.79 Å². The fourth-order valence-corrected chi connectivity index (χ4v) is 1.71. The Hall–Kier alpha value is -1.55. The number of benzene rings is 1. The predicted octanol–water partition coefficient (Wildman–Crippen LogP) is 1.61. The molecule has 4 heteroatoms. The number of aryl methyl sites for hydroxylation is 1. The van der Waals surface area contributed by atoms with Gasteiger partial charge in [-0.2, -0.15) is 0 Å². The zero-order valence-electron chi connectivity index (χ0n) is 11.1. The van der Waals surface area contributed by atoms with Crippen LogP contribution in [0, 0.1) is 6.92 Å². The molecule has 0 fully saturated rings. The molecule has 0 aliphatic heterocycles. The number of rotatable bonds is 6. The average molecular weight is 250 g/mol. The first-order valence-electron chi connectivity index (χ1n) is 6.36. The van der Waals surface area contributed by atoms with E-state index in [2.05, 4.69) is 41.8 Å². The third-order valence-electron chi connectivity index (χ3n) is 2.83. The number of amides is 2. The SMILES string of the molecule is CCC(Cc1ccc(C)cc1)NC(=O)NCCO. The average Bonchev–Trinajstić information content (AvgIpc) is 2.38. The van der Waals surface area contributed by atoms with Crippen molar-refractivity contribution >= 4 is 6.03 Å². The minimum Gasteiger partial charge on any atom is -0.395 e. The molecule has 0 radical (unpaired) electrons. The van der Waals surface area contributed by atoms with Crippen molar-refractivity contribution in [3.05, 3.63) is 35.4 Å². The minimum atomic E-state index is -0.219. The minimum absolute atomic E-state index is 0.0395. The van der Waals surface area contributed by atoms with Gasteiger partial charge in [-0.15, -0.1) is 0 Å². The van der Waals surface area contributed by atoms with Crippen LogP contribution in [-0.4, -0.2) is 30.3 Å². The molecule has 0 spiro atoms. The van der Waals surface area contributed by atoms with Gasteiger partial charge in [0.25, 0.3) is 0 Å². The molecule has 0 aromatic heterocycles. The Balaban J connectivity index is 2.46. The molecule has 1 aromatic carbocycles. The number of aliphatic hydroxyl groups is 1. The van der Waals surface area contributed by atoms with Gasteiger partial charge in [0.2, 0.25) is 0 Å². The van der Waals surface area contributed by atoms with Crippen LogP contribution in [0.2, 0.25) is 0 Å². The zero-order chi connectivity index (χ0) is 13.4. The van der Waals surface area contributed by atoms with E-state index in [1.54, 1.807) is 0 Å². The highest BCUT2D eigenvalue weighted by Crippen LogP contribution is 2.07. The van der Waals surface area contributed by atoms with Gasteiger partial charge in [0, 0.05) is 12.6 Å². The maximum atomic E-state index is 11.5. The number of urea groups is 1. The van der Waals surface area contributed by atoms with Crippen LogP contribution in [0.1, 0.15) is 24.5 Å². The molecule has 0 saturated heterocycles. The summed E-state index contributed by atoms with van der Waals surface area (Å²) in [4.78, 5) is 11.5. The molecule has 1 atom stereocenters. The first-order valence-corrected chi connectivity index (χ1v) is 6.36. The monoisotopic (exact) mass is 250 g/mol. The second kappa shape index (κ2) is 7.71. The summed E-state index contributed by atoms with van der Waals surface area (Å²) in [7, 11) is 0. The smallest absolute Gasteiger partial charge is 0.315 e. The van der Waals surface area contributed by atoms with Gasteiger partial charge in [0.15, 0.2) is 0 Å². The lowest BCUT2D eigenvalue weighted by molar-refractivity contribution is 0.230. The molecule has 0 bridgehead atoms. The van der Waals surface area contributed by atoms with Crippen molar-refractivity contribution in [2.75, 3.05) is 13.2 Å². The van der Waals surface area contributed by atoms with E-state index in [0.717, 1.165) is 12.8 Å². The van der Waals surface area contributed by atoms with Crippen molar-refractivity contribution in [3.63, 3.8) is 0 Å². The third-order valence-corrected chi connectivity index (χ3v) is 2.83. The second-order valence-corrected chi connectivity index (χ2v) is 4.42. The Kier molecular flexibility index (Phi) is 6.22. The highest BCUT2D eigenvalue weighted by Gasteiger charge is 2.10. The molecule has 3 N–H and O–H groups in total. The molecule has 18 heavy (non-hydrogen) atoms. The van der Waals surface area contributed by atoms with Crippen molar-refractivity contribution in [1.82, 2.24) is 10.6 Å². The quantitative estimate of drug-likeness (QED) is 0.718. The van der Waals surface area contributed by atoms with E-state index in [1.807, 2.05) is 6.92 Å². The lowest BCUT2D eigenvalue weighted by Gasteiger charge is -2.17. The number of nitrogens with one attached hydrogen (secondary N) is 2. The van der Waals surface area contributed by atoms with Crippen LogP contribution in [-0.2, 0) is 6.42 Å². The summed E-state index contributed by atoms with van der Waals surface area (Å²) < 4.78 is 0. The second-order valence-electron chi connectivity index (χ2n) is 4.42. The Morgan fingerprint density at radius 2 is 2.00 bits per heavy atom. The van der Waals surface area contributed by atoms with Crippen LogP contribution in [0.5, 0.6) is 0 Å². The fraction of sp³-hybridized carbons (Fsp3) is 0.500. The number of hydrogen-bond donors (Lipinski definition) is 3. The summed E-state index contributed by atoms with van der Waals surface area (Å²) in [6, 6.07) is 8.23. The van der Waals surface area contributed by atoms with Crippen molar-refractivity contribution in [2.45, 2.75) is 32.7 Å². The molecular formula is C14H22N2O2. The van der Waals surface area contributed by atoms with Gasteiger partial charge in [-0.1, -0.05) is 36.8 Å². The van der Waals surface area contributed by atoms with Gasteiger partial charge in [0.1, 0.15) is 0 Å². The lowest BCUT2D eigenvalue weighted by atomic mass is 10.0. The largest absolute Gasteiger partial charge is 0.395 e. The van der Waals surface area contributed by atoms with Gasteiger partial charge < -0.3 is 15.7 Å². The van der Waals surface area contributed by atoms with Crippen LogP contribution in [0.25, 0.3) is 0 Å². The molecular weight excluding hydrogens is 228 g/mol.